The minimum Gasteiger partial charge on any atom is -0.496 e. The van der Waals surface area contributed by atoms with Crippen LogP contribution in [0.1, 0.15) is 37.7 Å². The summed E-state index contributed by atoms with van der Waals surface area (Å²) in [5.41, 5.74) is 1.29. The van der Waals surface area contributed by atoms with Gasteiger partial charge in [0.05, 0.1) is 13.2 Å². The zero-order valence-corrected chi connectivity index (χ0v) is 13.1. The van der Waals surface area contributed by atoms with Crippen molar-refractivity contribution in [1.29, 1.82) is 0 Å². The van der Waals surface area contributed by atoms with E-state index in [2.05, 4.69) is 24.0 Å². The van der Waals surface area contributed by atoms with Crippen LogP contribution in [0.25, 0.3) is 0 Å². The molecule has 3 rings (SSSR count). The highest BCUT2D eigenvalue weighted by atomic mass is 35.5. The third-order valence-electron chi connectivity index (χ3n) is 4.43. The fraction of sp³-hybridized carbons (Fsp3) is 0.625. The van der Waals surface area contributed by atoms with Gasteiger partial charge in [0, 0.05) is 11.5 Å². The molecule has 1 saturated heterocycles. The summed E-state index contributed by atoms with van der Waals surface area (Å²) >= 11 is 0. The largest absolute Gasteiger partial charge is 0.496 e. The molecular formula is C16H24ClNO2. The Hall–Kier alpha value is -0.930. The molecule has 2 atom stereocenters. The van der Waals surface area contributed by atoms with Gasteiger partial charge in [-0.05, 0) is 44.5 Å². The predicted molar refractivity (Wildman–Crippen MR) is 83.4 cm³/mol. The second-order valence-electron chi connectivity index (χ2n) is 5.54. The summed E-state index contributed by atoms with van der Waals surface area (Å²) in [6, 6.07) is 6.68. The summed E-state index contributed by atoms with van der Waals surface area (Å²) in [4.78, 5) is 2.60. The molecule has 0 radical (unpaired) electrons. The van der Waals surface area contributed by atoms with Crippen molar-refractivity contribution in [3.63, 3.8) is 0 Å². The number of rotatable bonds is 3. The lowest BCUT2D eigenvalue weighted by atomic mass is 9.81. The summed E-state index contributed by atoms with van der Waals surface area (Å²) in [6.07, 6.45) is 3.74. The highest BCUT2D eigenvalue weighted by Crippen LogP contribution is 2.45. The van der Waals surface area contributed by atoms with E-state index in [9.17, 15) is 0 Å². The molecule has 0 amide bonds. The van der Waals surface area contributed by atoms with E-state index in [1.54, 1.807) is 7.11 Å². The van der Waals surface area contributed by atoms with Crippen molar-refractivity contribution < 1.29 is 9.47 Å². The summed E-state index contributed by atoms with van der Waals surface area (Å²) in [5, 5.41) is 0. The lowest BCUT2D eigenvalue weighted by Crippen LogP contribution is -2.49. The molecule has 2 aliphatic rings. The molecule has 20 heavy (non-hydrogen) atoms. The number of fused-ring (bicyclic) bond motifs is 3. The van der Waals surface area contributed by atoms with Crippen molar-refractivity contribution >= 4 is 12.4 Å². The Morgan fingerprint density at radius 2 is 2.25 bits per heavy atom. The van der Waals surface area contributed by atoms with Crippen molar-refractivity contribution in [2.45, 2.75) is 38.1 Å². The van der Waals surface area contributed by atoms with Crippen LogP contribution in [0.4, 0.5) is 0 Å². The molecule has 0 unspecified atom stereocenters. The van der Waals surface area contributed by atoms with Gasteiger partial charge in [0.15, 0.2) is 0 Å². The maximum Gasteiger partial charge on any atom is 0.126 e. The molecule has 112 valence electrons. The number of likely N-dealkylation sites (tertiary alicyclic amines) is 1. The minimum absolute atomic E-state index is 0. The fourth-order valence-electron chi connectivity index (χ4n) is 3.62. The SMILES string of the molecule is CCCN1CCC[C@@H]2c3c(OC)cccc3OC[C@H]21.Cl. The highest BCUT2D eigenvalue weighted by Gasteiger charge is 2.38. The Labute approximate surface area is 127 Å². The number of hydrogen-bond donors (Lipinski definition) is 0. The summed E-state index contributed by atoms with van der Waals surface area (Å²) < 4.78 is 11.5. The van der Waals surface area contributed by atoms with Gasteiger partial charge < -0.3 is 9.47 Å². The molecule has 4 heteroatoms. The van der Waals surface area contributed by atoms with E-state index in [0.29, 0.717) is 12.0 Å². The van der Waals surface area contributed by atoms with Crippen LogP contribution in [0.3, 0.4) is 0 Å². The van der Waals surface area contributed by atoms with Crippen molar-refractivity contribution in [1.82, 2.24) is 4.90 Å². The molecule has 0 aliphatic carbocycles. The van der Waals surface area contributed by atoms with Gasteiger partial charge in [-0.1, -0.05) is 13.0 Å². The Balaban J connectivity index is 0.00000147. The van der Waals surface area contributed by atoms with Crippen molar-refractivity contribution in [3.05, 3.63) is 23.8 Å². The molecule has 0 N–H and O–H groups in total. The van der Waals surface area contributed by atoms with Crippen molar-refractivity contribution in [2.75, 3.05) is 26.8 Å². The lowest BCUT2D eigenvalue weighted by Gasteiger charge is -2.44. The van der Waals surface area contributed by atoms with Gasteiger partial charge in [-0.3, -0.25) is 4.90 Å². The monoisotopic (exact) mass is 297 g/mol. The maximum absolute atomic E-state index is 5.99. The standard InChI is InChI=1S/C16H23NO2.ClH/c1-3-9-17-10-5-6-12-13(17)11-19-15-8-4-7-14(18-2)16(12)15;/h4,7-8,12-13H,3,5-6,9-11H2,1-2H3;1H/t12-,13+;/m0./s1. The van der Waals surface area contributed by atoms with Crippen LogP contribution in [0, 0.1) is 0 Å². The number of ether oxygens (including phenoxy) is 2. The minimum atomic E-state index is 0. The van der Waals surface area contributed by atoms with E-state index in [-0.39, 0.29) is 12.4 Å². The smallest absolute Gasteiger partial charge is 0.126 e. The number of hydrogen-bond acceptors (Lipinski definition) is 3. The molecule has 3 nitrogen and oxygen atoms in total. The van der Waals surface area contributed by atoms with E-state index < -0.39 is 0 Å². The van der Waals surface area contributed by atoms with E-state index in [4.69, 9.17) is 9.47 Å². The van der Waals surface area contributed by atoms with Crippen LogP contribution >= 0.6 is 12.4 Å². The molecule has 1 aromatic rings. The number of benzene rings is 1. The molecule has 0 spiro atoms. The zero-order valence-electron chi connectivity index (χ0n) is 12.3. The Bertz CT molecular complexity index is 436. The van der Waals surface area contributed by atoms with E-state index >= 15 is 0 Å². The first kappa shape index (κ1) is 15.5. The predicted octanol–water partition coefficient (Wildman–Crippen LogP) is 3.47. The van der Waals surface area contributed by atoms with Crippen LogP contribution < -0.4 is 9.47 Å². The second-order valence-corrected chi connectivity index (χ2v) is 5.54. The third-order valence-corrected chi connectivity index (χ3v) is 4.43. The van der Waals surface area contributed by atoms with Crippen LogP contribution in [0.15, 0.2) is 18.2 Å². The first-order valence-corrected chi connectivity index (χ1v) is 7.39. The normalized spacial score (nSPS) is 24.9. The molecule has 2 heterocycles. The highest BCUT2D eigenvalue weighted by molar-refractivity contribution is 5.85. The average molecular weight is 298 g/mol. The van der Waals surface area contributed by atoms with Crippen LogP contribution in [-0.4, -0.2) is 37.7 Å². The molecule has 0 aromatic heterocycles. The number of piperidine rings is 1. The zero-order chi connectivity index (χ0) is 13.2. The molecule has 0 saturated carbocycles. The summed E-state index contributed by atoms with van der Waals surface area (Å²) in [6.45, 7) is 5.46. The topological polar surface area (TPSA) is 21.7 Å². The van der Waals surface area contributed by atoms with Gasteiger partial charge in [-0.15, -0.1) is 12.4 Å². The Morgan fingerprint density at radius 1 is 1.40 bits per heavy atom. The van der Waals surface area contributed by atoms with Gasteiger partial charge in [-0.25, -0.2) is 0 Å². The van der Waals surface area contributed by atoms with Crippen molar-refractivity contribution in [3.8, 4) is 11.5 Å². The van der Waals surface area contributed by atoms with E-state index in [1.807, 2.05) is 6.07 Å². The van der Waals surface area contributed by atoms with E-state index in [0.717, 1.165) is 18.1 Å². The van der Waals surface area contributed by atoms with Crippen LogP contribution in [0.2, 0.25) is 0 Å². The maximum atomic E-state index is 5.99. The Morgan fingerprint density at radius 3 is 3.00 bits per heavy atom. The first-order chi connectivity index (χ1) is 9.35. The Kier molecular flexibility index (Phi) is 5.17. The fourth-order valence-corrected chi connectivity index (χ4v) is 3.62. The molecule has 0 bridgehead atoms. The quantitative estimate of drug-likeness (QED) is 0.853. The molecule has 1 fully saturated rings. The van der Waals surface area contributed by atoms with Crippen LogP contribution in [0.5, 0.6) is 11.5 Å². The summed E-state index contributed by atoms with van der Waals surface area (Å²) in [7, 11) is 1.76. The van der Waals surface area contributed by atoms with Gasteiger partial charge >= 0.3 is 0 Å². The molecular weight excluding hydrogens is 274 g/mol. The van der Waals surface area contributed by atoms with Gasteiger partial charge in [0.2, 0.25) is 0 Å². The van der Waals surface area contributed by atoms with E-state index in [1.165, 1.54) is 37.9 Å². The number of methoxy groups -OCH3 is 1. The van der Waals surface area contributed by atoms with Gasteiger partial charge in [0.1, 0.15) is 18.1 Å². The molecule has 1 aromatic carbocycles. The van der Waals surface area contributed by atoms with Crippen LogP contribution in [-0.2, 0) is 0 Å². The number of halogens is 1. The van der Waals surface area contributed by atoms with Gasteiger partial charge in [-0.2, -0.15) is 0 Å². The third kappa shape index (κ3) is 2.61. The average Bonchev–Trinajstić information content (AvgIpc) is 2.47. The molecule has 2 aliphatic heterocycles. The first-order valence-electron chi connectivity index (χ1n) is 7.39. The second kappa shape index (κ2) is 6.68. The van der Waals surface area contributed by atoms with Gasteiger partial charge in [0.25, 0.3) is 0 Å². The van der Waals surface area contributed by atoms with Crippen molar-refractivity contribution in [2.24, 2.45) is 0 Å². The summed E-state index contributed by atoms with van der Waals surface area (Å²) in [5.74, 6) is 2.59. The number of nitrogens with zero attached hydrogens (tertiary/aromatic N) is 1. The lowest BCUT2D eigenvalue weighted by molar-refractivity contribution is 0.0646.